The zero-order chi connectivity index (χ0) is 34.2. The summed E-state index contributed by atoms with van der Waals surface area (Å²) in [7, 11) is 1.12. The first-order valence-corrected chi connectivity index (χ1v) is 15.0. The predicted molar refractivity (Wildman–Crippen MR) is 173 cm³/mol. The summed E-state index contributed by atoms with van der Waals surface area (Å²) in [6.45, 7) is 11.5. The molecule has 0 saturated carbocycles. The number of halogens is 5. The third-order valence-corrected chi connectivity index (χ3v) is 8.36. The molecule has 4 heterocycles. The van der Waals surface area contributed by atoms with Gasteiger partial charge in [0.05, 0.1) is 23.2 Å². The molecule has 1 saturated heterocycles. The fourth-order valence-electron chi connectivity index (χ4n) is 5.54. The van der Waals surface area contributed by atoms with Gasteiger partial charge >= 0.3 is 12.1 Å². The second-order valence-corrected chi connectivity index (χ2v) is 11.7. The van der Waals surface area contributed by atoms with E-state index in [9.17, 15) is 27.2 Å². The SMILES string of the molecule is C=C(/N=C\c1c(N)n2nc(C(F)(F)F)cc2c2c1cc(C(=O)OC)c(=O)n2CCN1CCN(C(C)C)CC1)Nc1ccc(F)c(Cl)c1. The van der Waals surface area contributed by atoms with Crippen LogP contribution in [-0.4, -0.2) is 82.0 Å². The fourth-order valence-corrected chi connectivity index (χ4v) is 5.72. The molecule has 3 aromatic heterocycles. The van der Waals surface area contributed by atoms with Crippen molar-refractivity contribution in [3.8, 4) is 0 Å². The average molecular weight is 677 g/mol. The predicted octanol–water partition coefficient (Wildman–Crippen LogP) is 4.86. The Hall–Kier alpha value is -4.47. The third-order valence-electron chi connectivity index (χ3n) is 8.07. The van der Waals surface area contributed by atoms with Gasteiger partial charge in [-0.25, -0.2) is 18.7 Å². The summed E-state index contributed by atoms with van der Waals surface area (Å²) in [5.74, 6) is -1.75. The molecule has 1 aromatic carbocycles. The number of esters is 1. The second kappa shape index (κ2) is 13.3. The van der Waals surface area contributed by atoms with E-state index in [4.69, 9.17) is 22.1 Å². The van der Waals surface area contributed by atoms with Crippen LogP contribution < -0.4 is 16.6 Å². The number of aromatic nitrogens is 3. The number of alkyl halides is 3. The lowest BCUT2D eigenvalue weighted by atomic mass is 10.1. The molecule has 250 valence electrons. The Morgan fingerprint density at radius 2 is 1.89 bits per heavy atom. The molecule has 0 aliphatic carbocycles. The van der Waals surface area contributed by atoms with Gasteiger partial charge in [0.15, 0.2) is 5.69 Å². The van der Waals surface area contributed by atoms with Gasteiger partial charge in [0, 0.05) is 68.2 Å². The number of pyridine rings is 2. The van der Waals surface area contributed by atoms with Crippen molar-refractivity contribution in [1.82, 2.24) is 24.0 Å². The largest absolute Gasteiger partial charge is 0.465 e. The Morgan fingerprint density at radius 3 is 2.51 bits per heavy atom. The number of hydrogen-bond donors (Lipinski definition) is 2. The van der Waals surface area contributed by atoms with Crippen molar-refractivity contribution in [3.63, 3.8) is 0 Å². The van der Waals surface area contributed by atoms with Crippen LogP contribution in [0.3, 0.4) is 0 Å². The highest BCUT2D eigenvalue weighted by Gasteiger charge is 2.35. The monoisotopic (exact) mass is 676 g/mol. The number of aliphatic imine (C=N–C) groups is 1. The minimum absolute atomic E-state index is 0.0406. The van der Waals surface area contributed by atoms with E-state index in [1.165, 1.54) is 29.0 Å². The van der Waals surface area contributed by atoms with Crippen LogP contribution in [0.15, 0.2) is 52.5 Å². The molecule has 4 aromatic rings. The van der Waals surface area contributed by atoms with Gasteiger partial charge in [0.25, 0.3) is 5.56 Å². The number of rotatable bonds is 9. The summed E-state index contributed by atoms with van der Waals surface area (Å²) in [6, 6.07) is 6.30. The van der Waals surface area contributed by atoms with Crippen LogP contribution in [0.5, 0.6) is 0 Å². The maximum atomic E-state index is 13.9. The van der Waals surface area contributed by atoms with Crippen LogP contribution in [0, 0.1) is 5.82 Å². The van der Waals surface area contributed by atoms with Crippen molar-refractivity contribution >= 4 is 51.7 Å². The van der Waals surface area contributed by atoms with Crippen molar-refractivity contribution in [2.24, 2.45) is 4.99 Å². The number of ether oxygens (including phenoxy) is 1. The van der Waals surface area contributed by atoms with Crippen LogP contribution in [0.25, 0.3) is 16.4 Å². The summed E-state index contributed by atoms with van der Waals surface area (Å²) in [4.78, 5) is 35.4. The van der Waals surface area contributed by atoms with E-state index >= 15 is 0 Å². The number of nitrogen functional groups attached to an aromatic ring is 1. The molecule has 16 heteroatoms. The van der Waals surface area contributed by atoms with Gasteiger partial charge in [0.1, 0.15) is 23.0 Å². The number of carbonyl (C=O) groups excluding carboxylic acids is 1. The molecule has 5 rings (SSSR count). The van der Waals surface area contributed by atoms with E-state index in [1.54, 1.807) is 0 Å². The molecular formula is C31H33ClF4N8O3. The van der Waals surface area contributed by atoms with Crippen LogP contribution in [0.2, 0.25) is 5.02 Å². The van der Waals surface area contributed by atoms with Crippen molar-refractivity contribution < 1.29 is 27.1 Å². The first-order valence-electron chi connectivity index (χ1n) is 14.6. The number of hydrogen-bond acceptors (Lipinski definition) is 9. The summed E-state index contributed by atoms with van der Waals surface area (Å²) < 4.78 is 62.4. The Morgan fingerprint density at radius 1 is 1.19 bits per heavy atom. The minimum Gasteiger partial charge on any atom is -0.465 e. The van der Waals surface area contributed by atoms with Gasteiger partial charge < -0.3 is 20.4 Å². The number of carbonyl (C=O) groups is 1. The highest BCUT2D eigenvalue weighted by Crippen LogP contribution is 2.34. The van der Waals surface area contributed by atoms with Gasteiger partial charge in [-0.15, -0.1) is 0 Å². The molecule has 3 N–H and O–H groups in total. The van der Waals surface area contributed by atoms with Crippen molar-refractivity contribution in [2.45, 2.75) is 32.6 Å². The lowest BCUT2D eigenvalue weighted by Gasteiger charge is -2.37. The minimum atomic E-state index is -4.82. The Bertz CT molecular complexity index is 1950. The number of benzene rings is 1. The molecule has 0 radical (unpaired) electrons. The maximum absolute atomic E-state index is 13.9. The van der Waals surface area contributed by atoms with E-state index < -0.39 is 29.2 Å². The van der Waals surface area contributed by atoms with Crippen molar-refractivity contribution in [3.05, 3.63) is 80.7 Å². The van der Waals surface area contributed by atoms with Gasteiger partial charge in [-0.1, -0.05) is 18.2 Å². The maximum Gasteiger partial charge on any atom is 0.435 e. The van der Waals surface area contributed by atoms with Crippen molar-refractivity contribution in [2.75, 3.05) is 50.9 Å². The summed E-state index contributed by atoms with van der Waals surface area (Å²) >= 11 is 5.86. The van der Waals surface area contributed by atoms with Crippen LogP contribution in [-0.2, 0) is 17.5 Å². The number of methoxy groups -OCH3 is 1. The molecule has 1 aliphatic heterocycles. The lowest BCUT2D eigenvalue weighted by molar-refractivity contribution is -0.141. The van der Waals surface area contributed by atoms with E-state index in [-0.39, 0.29) is 50.8 Å². The zero-order valence-corrected chi connectivity index (χ0v) is 26.6. The van der Waals surface area contributed by atoms with Crippen LogP contribution in [0.1, 0.15) is 35.5 Å². The van der Waals surface area contributed by atoms with Gasteiger partial charge in [0.2, 0.25) is 0 Å². The topological polar surface area (TPSA) is 122 Å². The standard InChI is InChI=1S/C31H33ClF4N8O3/c1-17(2)42-10-7-41(8-11-42)9-12-43-27-20(14-21(29(43)45)30(46)47-4)22(28(37)44-25(27)15-26(40-44)31(34,35)36)16-38-18(3)39-19-5-6-24(33)23(32)13-19/h5-6,13-17,39H,3,7-12,37H2,1-2,4H3/b38-16-. The van der Waals surface area contributed by atoms with Crippen molar-refractivity contribution in [1.29, 1.82) is 0 Å². The Labute approximate surface area is 271 Å². The Balaban J connectivity index is 1.66. The second-order valence-electron chi connectivity index (χ2n) is 11.3. The van der Waals surface area contributed by atoms with Crippen LogP contribution in [0.4, 0.5) is 29.1 Å². The lowest BCUT2D eigenvalue weighted by Crippen LogP contribution is -2.49. The number of nitrogens with one attached hydrogen (secondary N) is 1. The molecule has 0 amide bonds. The molecule has 0 unspecified atom stereocenters. The summed E-state index contributed by atoms with van der Waals surface area (Å²) in [5, 5.41) is 6.59. The van der Waals surface area contributed by atoms with Gasteiger partial charge in [-0.2, -0.15) is 18.3 Å². The molecule has 0 atom stereocenters. The smallest absolute Gasteiger partial charge is 0.435 e. The number of nitrogens with two attached hydrogens (primary N) is 1. The average Bonchev–Trinajstić information content (AvgIpc) is 3.49. The molecule has 1 aliphatic rings. The molecular weight excluding hydrogens is 644 g/mol. The van der Waals surface area contributed by atoms with E-state index in [0.29, 0.717) is 18.3 Å². The quantitative estimate of drug-likeness (QED) is 0.147. The highest BCUT2D eigenvalue weighted by atomic mass is 35.5. The molecule has 0 bridgehead atoms. The first kappa shape index (κ1) is 33.9. The molecule has 11 nitrogen and oxygen atoms in total. The summed E-state index contributed by atoms with van der Waals surface area (Å²) in [5.41, 5.74) is 4.53. The number of nitrogens with zero attached hydrogens (tertiary/aromatic N) is 6. The number of anilines is 2. The van der Waals surface area contributed by atoms with Gasteiger partial charge in [-0.05, 0) is 44.2 Å². The molecule has 1 fully saturated rings. The highest BCUT2D eigenvalue weighted by molar-refractivity contribution is 6.31. The summed E-state index contributed by atoms with van der Waals surface area (Å²) in [6.07, 6.45) is -3.59. The van der Waals surface area contributed by atoms with Crippen LogP contribution >= 0.6 is 11.6 Å². The molecule has 0 spiro atoms. The van der Waals surface area contributed by atoms with Gasteiger partial charge in [-0.3, -0.25) is 14.6 Å². The Kier molecular flexibility index (Phi) is 9.61. The molecule has 47 heavy (non-hydrogen) atoms. The van der Waals surface area contributed by atoms with E-state index in [1.807, 2.05) is 0 Å². The number of piperazine rings is 1. The third kappa shape index (κ3) is 6.96. The fraction of sp³-hybridized carbons (Fsp3) is 0.355. The number of fused-ring (bicyclic) bond motifs is 3. The van der Waals surface area contributed by atoms with E-state index in [0.717, 1.165) is 49.9 Å². The first-order chi connectivity index (χ1) is 22.2. The normalized spacial score (nSPS) is 14.9. The van der Waals surface area contributed by atoms with E-state index in [2.05, 4.69) is 45.6 Å². The zero-order valence-electron chi connectivity index (χ0n) is 25.9.